The zero-order valence-electron chi connectivity index (χ0n) is 17.4. The van der Waals surface area contributed by atoms with Gasteiger partial charge in [-0.1, -0.05) is 31.2 Å². The molecule has 2 aromatic heterocycles. The maximum atomic E-state index is 13.3. The molecule has 0 N–H and O–H groups in total. The zero-order chi connectivity index (χ0) is 22.2. The van der Waals surface area contributed by atoms with E-state index in [1.54, 1.807) is 13.8 Å². The van der Waals surface area contributed by atoms with Gasteiger partial charge < -0.3 is 4.74 Å². The van der Waals surface area contributed by atoms with Crippen molar-refractivity contribution in [3.05, 3.63) is 64.2 Å². The summed E-state index contributed by atoms with van der Waals surface area (Å²) in [5.41, 5.74) is 1.79. The predicted molar refractivity (Wildman–Crippen MR) is 113 cm³/mol. The Bertz CT molecular complexity index is 1290. The summed E-state index contributed by atoms with van der Waals surface area (Å²) in [6.45, 7) is 4.28. The second kappa shape index (κ2) is 8.27. The Balaban J connectivity index is 1.70. The van der Waals surface area contributed by atoms with Crippen LogP contribution in [0, 0.1) is 0 Å². The molecule has 1 aliphatic heterocycles. The molecule has 1 aromatic carbocycles. The number of hydrogen-bond acceptors (Lipinski definition) is 6. The number of fused-ring (bicyclic) bond motifs is 2. The molecule has 0 unspecified atom stereocenters. The Labute approximate surface area is 179 Å². The van der Waals surface area contributed by atoms with Gasteiger partial charge in [0.2, 0.25) is 10.0 Å². The van der Waals surface area contributed by atoms with E-state index in [9.17, 15) is 18.0 Å². The molecule has 3 aromatic rings. The van der Waals surface area contributed by atoms with E-state index in [0.717, 1.165) is 20.2 Å². The maximum absolute atomic E-state index is 13.3. The van der Waals surface area contributed by atoms with Crippen LogP contribution in [0.1, 0.15) is 37.4 Å². The maximum Gasteiger partial charge on any atom is 0.351 e. The monoisotopic (exact) mass is 444 g/mol. The van der Waals surface area contributed by atoms with Gasteiger partial charge in [-0.3, -0.25) is 0 Å². The van der Waals surface area contributed by atoms with Gasteiger partial charge in [-0.05, 0) is 43.0 Å². The molecule has 3 heterocycles. The average molecular weight is 445 g/mol. The van der Waals surface area contributed by atoms with Gasteiger partial charge in [0, 0.05) is 19.3 Å². The zero-order valence-corrected chi connectivity index (χ0v) is 18.2. The van der Waals surface area contributed by atoms with Gasteiger partial charge in [-0.25, -0.2) is 22.4 Å². The van der Waals surface area contributed by atoms with Crippen LogP contribution in [0.4, 0.5) is 0 Å². The molecule has 0 bridgehead atoms. The number of ether oxygens (including phenoxy) is 1. The molecular weight excluding hydrogens is 420 g/mol. The number of aromatic nitrogens is 3. The highest BCUT2D eigenvalue weighted by molar-refractivity contribution is 7.89. The molecule has 0 saturated heterocycles. The topological polar surface area (TPSA) is 103 Å². The van der Waals surface area contributed by atoms with Crippen LogP contribution in [0.5, 0.6) is 0 Å². The van der Waals surface area contributed by atoms with E-state index >= 15 is 0 Å². The van der Waals surface area contributed by atoms with Crippen molar-refractivity contribution < 1.29 is 17.9 Å². The van der Waals surface area contributed by atoms with E-state index in [1.807, 2.05) is 24.3 Å². The van der Waals surface area contributed by atoms with Crippen molar-refractivity contribution in [3.8, 4) is 0 Å². The Kier molecular flexibility index (Phi) is 5.67. The molecule has 0 spiro atoms. The number of sulfonamides is 1. The standard InChI is InChI=1S/C21H24N4O5S/c1-3-18(20(26)30-4-2)25-21(27)24-14-17(9-10-19(24)22-25)31(28,29)23-12-11-15-7-5-6-8-16(15)13-23/h5-10,14,18H,3-4,11-13H2,1-2H3/t18-/m0/s1. The number of benzene rings is 1. The third kappa shape index (κ3) is 3.77. The van der Waals surface area contributed by atoms with Crippen molar-refractivity contribution >= 4 is 21.6 Å². The lowest BCUT2D eigenvalue weighted by Crippen LogP contribution is -2.36. The molecule has 10 heteroatoms. The fourth-order valence-electron chi connectivity index (χ4n) is 3.83. The SMILES string of the molecule is CCOC(=O)[C@H](CC)n1nc2ccc(S(=O)(=O)N3CCc4ccccc4C3)cn2c1=O. The fourth-order valence-corrected chi connectivity index (χ4v) is 5.25. The average Bonchev–Trinajstić information content (AvgIpc) is 3.10. The van der Waals surface area contributed by atoms with Crippen LogP contribution in [0.3, 0.4) is 0 Å². The number of carbonyl (C=O) groups excluding carboxylic acids is 1. The number of nitrogens with zero attached hydrogens (tertiary/aromatic N) is 4. The van der Waals surface area contributed by atoms with Gasteiger partial charge >= 0.3 is 11.7 Å². The van der Waals surface area contributed by atoms with Gasteiger partial charge in [0.05, 0.1) is 11.5 Å². The van der Waals surface area contributed by atoms with E-state index in [2.05, 4.69) is 5.10 Å². The van der Waals surface area contributed by atoms with Gasteiger partial charge in [0.15, 0.2) is 11.7 Å². The fraction of sp³-hybridized carbons (Fsp3) is 0.381. The number of pyridine rings is 1. The van der Waals surface area contributed by atoms with E-state index < -0.39 is 27.7 Å². The molecule has 1 aliphatic rings. The molecule has 0 fully saturated rings. The lowest BCUT2D eigenvalue weighted by molar-refractivity contribution is -0.147. The van der Waals surface area contributed by atoms with E-state index in [4.69, 9.17) is 4.74 Å². The van der Waals surface area contributed by atoms with Gasteiger partial charge in [-0.2, -0.15) is 8.99 Å². The number of esters is 1. The molecule has 0 aliphatic carbocycles. The van der Waals surface area contributed by atoms with Crippen LogP contribution in [0.15, 0.2) is 52.3 Å². The van der Waals surface area contributed by atoms with Crippen molar-refractivity contribution in [3.63, 3.8) is 0 Å². The minimum Gasteiger partial charge on any atom is -0.464 e. The summed E-state index contributed by atoms with van der Waals surface area (Å²) in [7, 11) is -3.81. The predicted octanol–water partition coefficient (Wildman–Crippen LogP) is 1.76. The van der Waals surface area contributed by atoms with Crippen molar-refractivity contribution in [1.82, 2.24) is 18.5 Å². The first-order valence-electron chi connectivity index (χ1n) is 10.2. The molecule has 9 nitrogen and oxygen atoms in total. The number of carbonyl (C=O) groups is 1. The summed E-state index contributed by atoms with van der Waals surface area (Å²) in [6, 6.07) is 9.81. The van der Waals surface area contributed by atoms with Gasteiger partial charge in [0.1, 0.15) is 0 Å². The van der Waals surface area contributed by atoms with Gasteiger partial charge in [-0.15, -0.1) is 5.10 Å². The Hall–Kier alpha value is -2.98. The Morgan fingerprint density at radius 1 is 1.16 bits per heavy atom. The van der Waals surface area contributed by atoms with Crippen LogP contribution in [0.25, 0.3) is 5.65 Å². The highest BCUT2D eigenvalue weighted by Gasteiger charge is 2.30. The first-order valence-corrected chi connectivity index (χ1v) is 11.6. The third-order valence-electron chi connectivity index (χ3n) is 5.49. The molecule has 0 amide bonds. The van der Waals surface area contributed by atoms with Gasteiger partial charge in [0.25, 0.3) is 0 Å². The quantitative estimate of drug-likeness (QED) is 0.537. The van der Waals surface area contributed by atoms with E-state index in [1.165, 1.54) is 22.6 Å². The molecular formula is C21H24N4O5S. The Morgan fingerprint density at radius 2 is 1.90 bits per heavy atom. The molecule has 4 rings (SSSR count). The summed E-state index contributed by atoms with van der Waals surface area (Å²) in [5, 5.41) is 4.21. The molecule has 31 heavy (non-hydrogen) atoms. The lowest BCUT2D eigenvalue weighted by atomic mass is 10.0. The summed E-state index contributed by atoms with van der Waals surface area (Å²) < 4.78 is 35.2. The summed E-state index contributed by atoms with van der Waals surface area (Å²) in [4.78, 5) is 25.1. The van der Waals surface area contributed by atoms with Crippen molar-refractivity contribution in [1.29, 1.82) is 0 Å². The summed E-state index contributed by atoms with van der Waals surface area (Å²) in [5.74, 6) is -0.546. The molecule has 164 valence electrons. The molecule has 0 radical (unpaired) electrons. The normalized spacial score (nSPS) is 15.5. The third-order valence-corrected chi connectivity index (χ3v) is 7.31. The molecule has 1 atom stereocenters. The summed E-state index contributed by atoms with van der Waals surface area (Å²) in [6.07, 6.45) is 2.23. The highest BCUT2D eigenvalue weighted by atomic mass is 32.2. The van der Waals surface area contributed by atoms with Crippen LogP contribution in [-0.4, -0.2) is 46.0 Å². The first-order chi connectivity index (χ1) is 14.9. The smallest absolute Gasteiger partial charge is 0.351 e. The molecule has 0 saturated carbocycles. The number of hydrogen-bond donors (Lipinski definition) is 0. The minimum atomic E-state index is -3.81. The van der Waals surface area contributed by atoms with Crippen molar-refractivity contribution in [2.45, 2.75) is 44.2 Å². The van der Waals surface area contributed by atoms with Crippen LogP contribution in [0.2, 0.25) is 0 Å². The van der Waals surface area contributed by atoms with Crippen molar-refractivity contribution in [2.75, 3.05) is 13.2 Å². The van der Waals surface area contributed by atoms with Crippen LogP contribution in [-0.2, 0) is 32.5 Å². The van der Waals surface area contributed by atoms with Crippen LogP contribution < -0.4 is 5.69 Å². The largest absolute Gasteiger partial charge is 0.464 e. The number of rotatable bonds is 6. The summed E-state index contributed by atoms with van der Waals surface area (Å²) >= 11 is 0. The first kappa shape index (κ1) is 21.3. The van der Waals surface area contributed by atoms with Crippen molar-refractivity contribution in [2.24, 2.45) is 0 Å². The second-order valence-corrected chi connectivity index (χ2v) is 9.29. The highest BCUT2D eigenvalue weighted by Crippen LogP contribution is 2.25. The lowest BCUT2D eigenvalue weighted by Gasteiger charge is -2.28. The minimum absolute atomic E-state index is 0.00483. The van der Waals surface area contributed by atoms with E-state index in [0.29, 0.717) is 19.4 Å². The second-order valence-electron chi connectivity index (χ2n) is 7.35. The van der Waals surface area contributed by atoms with Crippen LogP contribution >= 0.6 is 0 Å². The van der Waals surface area contributed by atoms with E-state index in [-0.39, 0.29) is 23.7 Å². The Morgan fingerprint density at radius 3 is 2.61 bits per heavy atom.